The van der Waals surface area contributed by atoms with Crippen molar-refractivity contribution in [2.75, 3.05) is 26.2 Å². The molecule has 1 fully saturated rings. The highest BCUT2D eigenvalue weighted by Gasteiger charge is 2.23. The van der Waals surface area contributed by atoms with Crippen molar-refractivity contribution in [2.45, 2.75) is 45.4 Å². The van der Waals surface area contributed by atoms with Crippen molar-refractivity contribution in [2.24, 2.45) is 16.6 Å². The number of guanidine groups is 1. The number of nitrogens with two attached hydrogens (primary N) is 1. The van der Waals surface area contributed by atoms with E-state index in [-0.39, 0.29) is 5.91 Å². The zero-order valence-electron chi connectivity index (χ0n) is 14.7. The first kappa shape index (κ1) is 18.4. The second-order valence-corrected chi connectivity index (χ2v) is 6.44. The highest BCUT2D eigenvalue weighted by molar-refractivity contribution is 5.80. The number of piperidine rings is 1. The van der Waals surface area contributed by atoms with Crippen LogP contribution in [0.1, 0.15) is 44.8 Å². The number of hydrogen-bond donors (Lipinski definition) is 2. The van der Waals surface area contributed by atoms with Gasteiger partial charge >= 0.3 is 0 Å². The molecule has 2 rings (SSSR count). The summed E-state index contributed by atoms with van der Waals surface area (Å²) in [6.45, 7) is 5.62. The predicted molar refractivity (Wildman–Crippen MR) is 95.7 cm³/mol. The highest BCUT2D eigenvalue weighted by Crippen LogP contribution is 2.19. The van der Waals surface area contributed by atoms with Gasteiger partial charge in [0.1, 0.15) is 5.76 Å². The molecule has 0 aliphatic carbocycles. The maximum atomic E-state index is 11.2. The lowest BCUT2D eigenvalue weighted by atomic mass is 9.95. The van der Waals surface area contributed by atoms with Gasteiger partial charge in [-0.3, -0.25) is 9.79 Å². The van der Waals surface area contributed by atoms with Gasteiger partial charge in [-0.2, -0.15) is 0 Å². The molecule has 1 aliphatic rings. The van der Waals surface area contributed by atoms with E-state index in [1.54, 1.807) is 6.26 Å². The summed E-state index contributed by atoms with van der Waals surface area (Å²) in [4.78, 5) is 18.2. The quantitative estimate of drug-likeness (QED) is 0.433. The van der Waals surface area contributed by atoms with Crippen LogP contribution in [0.3, 0.4) is 0 Å². The normalized spacial score (nSPS) is 18.6. The van der Waals surface area contributed by atoms with Crippen LogP contribution in [-0.2, 0) is 11.2 Å². The van der Waals surface area contributed by atoms with Gasteiger partial charge in [-0.1, -0.05) is 13.3 Å². The first-order valence-electron chi connectivity index (χ1n) is 9.03. The fourth-order valence-corrected chi connectivity index (χ4v) is 3.07. The number of likely N-dealkylation sites (tertiary alicyclic amines) is 1. The van der Waals surface area contributed by atoms with Crippen molar-refractivity contribution >= 4 is 11.9 Å². The van der Waals surface area contributed by atoms with Crippen LogP contribution in [0.15, 0.2) is 27.8 Å². The van der Waals surface area contributed by atoms with E-state index < -0.39 is 0 Å². The van der Waals surface area contributed by atoms with Gasteiger partial charge in [0.2, 0.25) is 5.91 Å². The highest BCUT2D eigenvalue weighted by atomic mass is 16.3. The molecule has 0 radical (unpaired) electrons. The minimum atomic E-state index is -0.211. The molecule has 24 heavy (non-hydrogen) atoms. The third kappa shape index (κ3) is 6.26. The molecule has 0 saturated carbocycles. The van der Waals surface area contributed by atoms with Gasteiger partial charge in [0.05, 0.1) is 6.26 Å². The van der Waals surface area contributed by atoms with E-state index in [0.717, 1.165) is 70.0 Å². The molecule has 6 heteroatoms. The number of aliphatic imine (C=N–C) groups is 1. The smallest absolute Gasteiger partial charge is 0.217 e. The van der Waals surface area contributed by atoms with Crippen molar-refractivity contribution in [1.82, 2.24) is 10.2 Å². The molecule has 1 aromatic heterocycles. The first-order valence-corrected chi connectivity index (χ1v) is 9.03. The minimum Gasteiger partial charge on any atom is -0.469 e. The van der Waals surface area contributed by atoms with Crippen molar-refractivity contribution in [3.05, 3.63) is 24.2 Å². The zero-order valence-corrected chi connectivity index (χ0v) is 14.7. The van der Waals surface area contributed by atoms with Crippen LogP contribution in [0, 0.1) is 5.92 Å². The summed E-state index contributed by atoms with van der Waals surface area (Å²) in [5.74, 6) is 2.04. The molecule has 1 atom stereocenters. The molecule has 0 spiro atoms. The van der Waals surface area contributed by atoms with E-state index in [2.05, 4.69) is 17.1 Å². The largest absolute Gasteiger partial charge is 0.469 e. The maximum absolute atomic E-state index is 11.2. The molecule has 0 bridgehead atoms. The van der Waals surface area contributed by atoms with Crippen LogP contribution in [0.5, 0.6) is 0 Å². The Bertz CT molecular complexity index is 513. The van der Waals surface area contributed by atoms with Crippen molar-refractivity contribution in [3.8, 4) is 0 Å². The summed E-state index contributed by atoms with van der Waals surface area (Å²) in [5.41, 5.74) is 5.36. The summed E-state index contributed by atoms with van der Waals surface area (Å²) >= 11 is 0. The number of carbonyl (C=O) groups is 1. The number of hydrogen-bond acceptors (Lipinski definition) is 3. The van der Waals surface area contributed by atoms with Gasteiger partial charge in [0.25, 0.3) is 0 Å². The van der Waals surface area contributed by atoms with Crippen LogP contribution in [0.4, 0.5) is 0 Å². The first-order chi connectivity index (χ1) is 11.7. The average Bonchev–Trinajstić information content (AvgIpc) is 3.06. The molecule has 6 nitrogen and oxygen atoms in total. The standard InChI is InChI=1S/C18H30N4O2/c1-2-3-9-20-18(21-10-8-16-7-5-12-24-16)22-11-4-6-15(14-22)13-17(19)23/h5,7,12,15H,2-4,6,8-11,13-14H2,1H3,(H2,19,23)(H,20,21). The molecule has 1 saturated heterocycles. The lowest BCUT2D eigenvalue weighted by molar-refractivity contribution is -0.119. The van der Waals surface area contributed by atoms with E-state index in [1.807, 2.05) is 12.1 Å². The number of nitrogens with one attached hydrogen (secondary N) is 1. The summed E-state index contributed by atoms with van der Waals surface area (Å²) < 4.78 is 5.38. The molecular weight excluding hydrogens is 304 g/mol. The molecule has 0 aromatic carbocycles. The Morgan fingerprint density at radius 2 is 2.42 bits per heavy atom. The summed E-state index contributed by atoms with van der Waals surface area (Å²) in [6, 6.07) is 3.89. The minimum absolute atomic E-state index is 0.211. The second-order valence-electron chi connectivity index (χ2n) is 6.44. The Labute approximate surface area is 144 Å². The summed E-state index contributed by atoms with van der Waals surface area (Å²) in [7, 11) is 0. The van der Waals surface area contributed by atoms with Crippen LogP contribution < -0.4 is 11.1 Å². The fourth-order valence-electron chi connectivity index (χ4n) is 3.07. The Balaban J connectivity index is 1.90. The van der Waals surface area contributed by atoms with Gasteiger partial charge in [-0.25, -0.2) is 0 Å². The fraction of sp³-hybridized carbons (Fsp3) is 0.667. The van der Waals surface area contributed by atoms with Crippen molar-refractivity contribution in [3.63, 3.8) is 0 Å². The van der Waals surface area contributed by atoms with Crippen LogP contribution >= 0.6 is 0 Å². The molecule has 2 heterocycles. The SMILES string of the molecule is CCCCN=C(NCCc1ccco1)N1CCCC(CC(N)=O)C1. The van der Waals surface area contributed by atoms with Crippen LogP contribution in [-0.4, -0.2) is 42.9 Å². The molecule has 1 aromatic rings. The second kappa shape index (κ2) is 10.0. The average molecular weight is 334 g/mol. The lowest BCUT2D eigenvalue weighted by Gasteiger charge is -2.34. The third-order valence-corrected chi connectivity index (χ3v) is 4.32. The van der Waals surface area contributed by atoms with E-state index in [9.17, 15) is 4.79 Å². The predicted octanol–water partition coefficient (Wildman–Crippen LogP) is 2.16. The number of primary amides is 1. The molecule has 3 N–H and O–H groups in total. The summed E-state index contributed by atoms with van der Waals surface area (Å²) in [5, 5.41) is 3.46. The third-order valence-electron chi connectivity index (χ3n) is 4.32. The van der Waals surface area contributed by atoms with E-state index in [1.165, 1.54) is 0 Å². The lowest BCUT2D eigenvalue weighted by Crippen LogP contribution is -2.47. The molecule has 1 unspecified atom stereocenters. The number of rotatable bonds is 8. The van der Waals surface area contributed by atoms with E-state index in [0.29, 0.717) is 12.3 Å². The van der Waals surface area contributed by atoms with Crippen molar-refractivity contribution in [1.29, 1.82) is 0 Å². The monoisotopic (exact) mass is 334 g/mol. The maximum Gasteiger partial charge on any atom is 0.217 e. The number of furan rings is 1. The Kier molecular flexibility index (Phi) is 7.65. The van der Waals surface area contributed by atoms with Crippen LogP contribution in [0.2, 0.25) is 0 Å². The molecule has 1 aliphatic heterocycles. The number of unbranched alkanes of at least 4 members (excludes halogenated alkanes) is 1. The van der Waals surface area contributed by atoms with Crippen LogP contribution in [0.25, 0.3) is 0 Å². The molecule has 1 amide bonds. The van der Waals surface area contributed by atoms with E-state index in [4.69, 9.17) is 15.1 Å². The zero-order chi connectivity index (χ0) is 17.2. The Hall–Kier alpha value is -1.98. The van der Waals surface area contributed by atoms with Gasteiger partial charge in [-0.15, -0.1) is 0 Å². The van der Waals surface area contributed by atoms with Gasteiger partial charge < -0.3 is 20.4 Å². The Morgan fingerprint density at radius 1 is 1.54 bits per heavy atom. The molecule has 134 valence electrons. The van der Waals surface area contributed by atoms with Crippen molar-refractivity contribution < 1.29 is 9.21 Å². The number of carbonyl (C=O) groups excluding carboxylic acids is 1. The van der Waals surface area contributed by atoms with Gasteiger partial charge in [-0.05, 0) is 37.3 Å². The topological polar surface area (TPSA) is 83.9 Å². The van der Waals surface area contributed by atoms with E-state index >= 15 is 0 Å². The molecular formula is C18H30N4O2. The number of nitrogens with zero attached hydrogens (tertiary/aromatic N) is 2. The van der Waals surface area contributed by atoms with Gasteiger partial charge in [0.15, 0.2) is 5.96 Å². The number of amides is 1. The van der Waals surface area contributed by atoms with Gasteiger partial charge in [0, 0.05) is 39.0 Å². The Morgan fingerprint density at radius 3 is 3.12 bits per heavy atom. The summed E-state index contributed by atoms with van der Waals surface area (Å²) in [6.07, 6.45) is 7.35.